The number of nitrogens with zero attached hydrogens (tertiary/aromatic N) is 4. The lowest BCUT2D eigenvalue weighted by atomic mass is 9.94. The number of piperidine rings is 1. The van der Waals surface area contributed by atoms with Gasteiger partial charge in [0.05, 0.1) is 5.69 Å². The number of aromatic nitrogens is 3. The molecule has 1 aliphatic rings. The third kappa shape index (κ3) is 4.29. The van der Waals surface area contributed by atoms with Crippen LogP contribution in [0.25, 0.3) is 0 Å². The number of pyridine rings is 1. The zero-order valence-electron chi connectivity index (χ0n) is 17.1. The minimum atomic E-state index is -3.52. The van der Waals surface area contributed by atoms with E-state index < -0.39 is 10.0 Å². The molecule has 2 aromatic heterocycles. The Bertz CT molecular complexity index is 1150. The molecule has 3 aromatic rings. The Morgan fingerprint density at radius 3 is 2.50 bits per heavy atom. The molecule has 0 aliphatic carbocycles. The van der Waals surface area contributed by atoms with Gasteiger partial charge in [-0.2, -0.15) is 9.40 Å². The normalized spacial score (nSPS) is 16.1. The number of halogens is 1. The standard InChI is InChI=1S/C22H25ClN4O2S/c1-16-22(15-26(2)25-16)30(28,29)27-12-10-17(11-13-27)21-9-5-7-19(24-21)14-18-6-3-4-8-20(18)23/h3-9,15,17H,10-14H2,1-2H3. The van der Waals surface area contributed by atoms with Crippen LogP contribution in [0.1, 0.15) is 41.4 Å². The molecule has 3 heterocycles. The fraction of sp³-hybridized carbons (Fsp3) is 0.364. The summed E-state index contributed by atoms with van der Waals surface area (Å²) in [7, 11) is -1.78. The van der Waals surface area contributed by atoms with E-state index in [4.69, 9.17) is 16.6 Å². The van der Waals surface area contributed by atoms with Gasteiger partial charge in [-0.25, -0.2) is 8.42 Å². The van der Waals surface area contributed by atoms with Crippen LogP contribution in [0.4, 0.5) is 0 Å². The van der Waals surface area contributed by atoms with Gasteiger partial charge in [0.15, 0.2) is 0 Å². The Hall–Kier alpha value is -2.22. The van der Waals surface area contributed by atoms with E-state index in [0.717, 1.165) is 34.8 Å². The summed E-state index contributed by atoms with van der Waals surface area (Å²) < 4.78 is 29.1. The van der Waals surface area contributed by atoms with E-state index >= 15 is 0 Å². The molecule has 1 saturated heterocycles. The minimum absolute atomic E-state index is 0.248. The predicted octanol–water partition coefficient (Wildman–Crippen LogP) is 3.94. The topological polar surface area (TPSA) is 68.1 Å². The van der Waals surface area contributed by atoms with Crippen LogP contribution in [0.15, 0.2) is 53.6 Å². The van der Waals surface area contributed by atoms with Crippen LogP contribution in [-0.2, 0) is 23.5 Å². The molecule has 8 heteroatoms. The molecule has 0 unspecified atom stereocenters. The van der Waals surface area contributed by atoms with E-state index in [0.29, 0.717) is 30.1 Å². The Labute approximate surface area is 182 Å². The van der Waals surface area contributed by atoms with E-state index in [2.05, 4.69) is 5.10 Å². The highest BCUT2D eigenvalue weighted by Gasteiger charge is 2.32. The number of benzene rings is 1. The Kier molecular flexibility index (Phi) is 5.95. The van der Waals surface area contributed by atoms with Crippen molar-refractivity contribution in [3.05, 3.63) is 76.3 Å². The molecule has 4 rings (SSSR count). The van der Waals surface area contributed by atoms with Gasteiger partial charge in [-0.15, -0.1) is 0 Å². The summed E-state index contributed by atoms with van der Waals surface area (Å²) in [5.41, 5.74) is 3.58. The second kappa shape index (κ2) is 8.49. The molecule has 0 bridgehead atoms. The molecule has 0 radical (unpaired) electrons. The highest BCUT2D eigenvalue weighted by atomic mass is 35.5. The zero-order valence-corrected chi connectivity index (χ0v) is 18.7. The van der Waals surface area contributed by atoms with Gasteiger partial charge >= 0.3 is 0 Å². The predicted molar refractivity (Wildman–Crippen MR) is 117 cm³/mol. The van der Waals surface area contributed by atoms with Gasteiger partial charge in [-0.3, -0.25) is 9.67 Å². The summed E-state index contributed by atoms with van der Waals surface area (Å²) in [6.45, 7) is 2.70. The van der Waals surface area contributed by atoms with Crippen LogP contribution < -0.4 is 0 Å². The average molecular weight is 445 g/mol. The molecule has 0 amide bonds. The third-order valence-electron chi connectivity index (χ3n) is 5.62. The molecular weight excluding hydrogens is 420 g/mol. The van der Waals surface area contributed by atoms with E-state index in [1.165, 1.54) is 0 Å². The second-order valence-electron chi connectivity index (χ2n) is 7.75. The first-order valence-electron chi connectivity index (χ1n) is 10.0. The number of aryl methyl sites for hydroxylation is 2. The van der Waals surface area contributed by atoms with Gasteiger partial charge in [0.1, 0.15) is 4.90 Å². The maximum atomic E-state index is 13.0. The second-order valence-corrected chi connectivity index (χ2v) is 10.1. The van der Waals surface area contributed by atoms with Crippen molar-refractivity contribution in [3.63, 3.8) is 0 Å². The van der Waals surface area contributed by atoms with Crippen molar-refractivity contribution in [2.75, 3.05) is 13.1 Å². The molecule has 0 atom stereocenters. The molecular formula is C22H25ClN4O2S. The van der Waals surface area contributed by atoms with Gasteiger partial charge < -0.3 is 0 Å². The van der Waals surface area contributed by atoms with Crippen LogP contribution in [-0.4, -0.2) is 40.6 Å². The first-order valence-corrected chi connectivity index (χ1v) is 11.9. The van der Waals surface area contributed by atoms with E-state index in [9.17, 15) is 8.42 Å². The summed E-state index contributed by atoms with van der Waals surface area (Å²) in [5, 5.41) is 4.92. The molecule has 6 nitrogen and oxygen atoms in total. The average Bonchev–Trinajstić information content (AvgIpc) is 3.09. The lowest BCUT2D eigenvalue weighted by Gasteiger charge is -2.31. The van der Waals surface area contributed by atoms with Crippen molar-refractivity contribution >= 4 is 21.6 Å². The molecule has 1 aliphatic heterocycles. The van der Waals surface area contributed by atoms with Crippen molar-refractivity contribution in [2.45, 2.75) is 37.0 Å². The van der Waals surface area contributed by atoms with Gasteiger partial charge in [-0.05, 0) is 43.5 Å². The number of hydrogen-bond donors (Lipinski definition) is 0. The Morgan fingerprint density at radius 2 is 1.83 bits per heavy atom. The zero-order chi connectivity index (χ0) is 21.3. The lowest BCUT2D eigenvalue weighted by molar-refractivity contribution is 0.316. The van der Waals surface area contributed by atoms with E-state index in [1.54, 1.807) is 29.2 Å². The monoisotopic (exact) mass is 444 g/mol. The summed E-state index contributed by atoms with van der Waals surface area (Å²) in [4.78, 5) is 5.15. The maximum Gasteiger partial charge on any atom is 0.246 e. The van der Waals surface area contributed by atoms with Crippen LogP contribution >= 0.6 is 11.6 Å². The van der Waals surface area contributed by atoms with E-state index in [-0.39, 0.29) is 5.92 Å². The van der Waals surface area contributed by atoms with Crippen LogP contribution in [0.3, 0.4) is 0 Å². The fourth-order valence-electron chi connectivity index (χ4n) is 4.02. The molecule has 0 spiro atoms. The van der Waals surface area contributed by atoms with Crippen molar-refractivity contribution in [1.82, 2.24) is 19.1 Å². The van der Waals surface area contributed by atoms with Crippen LogP contribution in [0, 0.1) is 6.92 Å². The number of rotatable bonds is 5. The highest BCUT2D eigenvalue weighted by Crippen LogP contribution is 2.31. The maximum absolute atomic E-state index is 13.0. The van der Waals surface area contributed by atoms with Gasteiger partial charge in [-0.1, -0.05) is 35.9 Å². The smallest absolute Gasteiger partial charge is 0.246 e. The van der Waals surface area contributed by atoms with Crippen LogP contribution in [0.5, 0.6) is 0 Å². The molecule has 158 valence electrons. The molecule has 1 fully saturated rings. The number of hydrogen-bond acceptors (Lipinski definition) is 4. The number of sulfonamides is 1. The van der Waals surface area contributed by atoms with Gasteiger partial charge in [0, 0.05) is 55.1 Å². The van der Waals surface area contributed by atoms with Crippen molar-refractivity contribution in [1.29, 1.82) is 0 Å². The third-order valence-corrected chi connectivity index (χ3v) is 7.99. The largest absolute Gasteiger partial charge is 0.274 e. The molecule has 1 aromatic carbocycles. The SMILES string of the molecule is Cc1nn(C)cc1S(=O)(=O)N1CCC(c2cccc(Cc3ccccc3Cl)n2)CC1. The highest BCUT2D eigenvalue weighted by molar-refractivity contribution is 7.89. The minimum Gasteiger partial charge on any atom is -0.274 e. The first kappa shape index (κ1) is 21.0. The van der Waals surface area contributed by atoms with E-state index in [1.807, 2.05) is 42.5 Å². The Morgan fingerprint density at radius 1 is 1.10 bits per heavy atom. The van der Waals surface area contributed by atoms with Crippen LogP contribution in [0.2, 0.25) is 5.02 Å². The quantitative estimate of drug-likeness (QED) is 0.597. The van der Waals surface area contributed by atoms with Crippen molar-refractivity contribution in [3.8, 4) is 0 Å². The summed E-state index contributed by atoms with van der Waals surface area (Å²) >= 11 is 6.29. The van der Waals surface area contributed by atoms with Gasteiger partial charge in [0.2, 0.25) is 10.0 Å². The van der Waals surface area contributed by atoms with Crippen molar-refractivity contribution in [2.24, 2.45) is 7.05 Å². The molecule has 30 heavy (non-hydrogen) atoms. The fourth-order valence-corrected chi connectivity index (χ4v) is 5.90. The molecule has 0 N–H and O–H groups in total. The molecule has 0 saturated carbocycles. The van der Waals surface area contributed by atoms with Gasteiger partial charge in [0.25, 0.3) is 0 Å². The summed E-state index contributed by atoms with van der Waals surface area (Å²) in [5.74, 6) is 0.248. The summed E-state index contributed by atoms with van der Waals surface area (Å²) in [6, 6.07) is 13.9. The lowest BCUT2D eigenvalue weighted by Crippen LogP contribution is -2.38. The summed E-state index contributed by atoms with van der Waals surface area (Å²) in [6.07, 6.45) is 3.76. The van der Waals surface area contributed by atoms with Crippen molar-refractivity contribution < 1.29 is 8.42 Å². The Balaban J connectivity index is 1.46. The first-order chi connectivity index (χ1) is 14.3.